The summed E-state index contributed by atoms with van der Waals surface area (Å²) < 4.78 is 0. The maximum atomic E-state index is 4.29. The molecular formula is C15H19N3. The van der Waals surface area contributed by atoms with Gasteiger partial charge in [-0.2, -0.15) is 0 Å². The highest BCUT2D eigenvalue weighted by molar-refractivity contribution is 5.65. The zero-order valence-electron chi connectivity index (χ0n) is 11.4. The summed E-state index contributed by atoms with van der Waals surface area (Å²) in [7, 11) is 0. The summed E-state index contributed by atoms with van der Waals surface area (Å²) in [6.45, 7) is 8.40. The molecule has 2 rings (SSSR count). The minimum absolute atomic E-state index is 0.367. The molecule has 0 radical (unpaired) electrons. The van der Waals surface area contributed by atoms with Crippen molar-refractivity contribution in [1.29, 1.82) is 0 Å². The van der Waals surface area contributed by atoms with Gasteiger partial charge in [0.2, 0.25) is 0 Å². The van der Waals surface area contributed by atoms with Gasteiger partial charge in [0.05, 0.1) is 5.69 Å². The lowest BCUT2D eigenvalue weighted by molar-refractivity contribution is 0.874. The Hall–Kier alpha value is -1.90. The lowest BCUT2D eigenvalue weighted by atomic mass is 10.0. The largest absolute Gasteiger partial charge is 0.366 e. The van der Waals surface area contributed by atoms with Crippen LogP contribution in [0.15, 0.2) is 30.3 Å². The van der Waals surface area contributed by atoms with Crippen LogP contribution >= 0.6 is 0 Å². The van der Waals surface area contributed by atoms with Crippen molar-refractivity contribution in [2.75, 3.05) is 5.32 Å². The number of anilines is 1. The number of hydrogen-bond acceptors (Lipinski definition) is 3. The molecule has 2 aromatic rings. The Morgan fingerprint density at radius 3 is 2.39 bits per heavy atom. The number of aryl methyl sites for hydroxylation is 1. The molecule has 94 valence electrons. The molecule has 1 aromatic carbocycles. The van der Waals surface area contributed by atoms with Gasteiger partial charge in [-0.3, -0.25) is 0 Å². The summed E-state index contributed by atoms with van der Waals surface area (Å²) >= 11 is 0. The molecule has 0 atom stereocenters. The molecular weight excluding hydrogens is 222 g/mol. The van der Waals surface area contributed by atoms with Crippen molar-refractivity contribution in [2.45, 2.75) is 33.7 Å². The molecule has 0 aliphatic rings. The number of aromatic nitrogens is 2. The maximum Gasteiger partial charge on any atom is 0.148 e. The Balaban J connectivity index is 2.32. The Kier molecular flexibility index (Phi) is 3.60. The summed E-state index contributed by atoms with van der Waals surface area (Å²) in [4.78, 5) is 0. The van der Waals surface area contributed by atoms with Gasteiger partial charge in [0.1, 0.15) is 5.82 Å². The minimum Gasteiger partial charge on any atom is -0.366 e. The molecule has 1 heterocycles. The number of rotatable bonds is 3. The van der Waals surface area contributed by atoms with Crippen LogP contribution in [-0.4, -0.2) is 16.2 Å². The van der Waals surface area contributed by atoms with Gasteiger partial charge >= 0.3 is 0 Å². The summed E-state index contributed by atoms with van der Waals surface area (Å²) in [6.07, 6.45) is 0. The van der Waals surface area contributed by atoms with E-state index in [0.29, 0.717) is 6.04 Å². The summed E-state index contributed by atoms with van der Waals surface area (Å²) in [5.74, 6) is 0.819. The van der Waals surface area contributed by atoms with Crippen LogP contribution in [0, 0.1) is 13.8 Å². The van der Waals surface area contributed by atoms with Crippen molar-refractivity contribution in [1.82, 2.24) is 10.2 Å². The van der Waals surface area contributed by atoms with E-state index in [1.165, 1.54) is 11.1 Å². The van der Waals surface area contributed by atoms with E-state index < -0.39 is 0 Å². The number of nitrogens with one attached hydrogen (secondary N) is 1. The fourth-order valence-electron chi connectivity index (χ4n) is 1.88. The first-order chi connectivity index (χ1) is 8.58. The second-order valence-electron chi connectivity index (χ2n) is 4.85. The van der Waals surface area contributed by atoms with Gasteiger partial charge in [0.15, 0.2) is 0 Å². The highest BCUT2D eigenvalue weighted by Crippen LogP contribution is 2.23. The zero-order chi connectivity index (χ0) is 13.1. The highest BCUT2D eigenvalue weighted by Gasteiger charge is 2.06. The van der Waals surface area contributed by atoms with Gasteiger partial charge in [0.25, 0.3) is 0 Å². The van der Waals surface area contributed by atoms with E-state index in [-0.39, 0.29) is 0 Å². The van der Waals surface area contributed by atoms with Crippen LogP contribution in [0.3, 0.4) is 0 Å². The average Bonchev–Trinajstić information content (AvgIpc) is 2.33. The van der Waals surface area contributed by atoms with E-state index in [0.717, 1.165) is 17.1 Å². The second kappa shape index (κ2) is 5.17. The standard InChI is InChI=1S/C15H19N3/c1-10(2)16-15-9-8-14(17-18-15)13-7-5-6-11(3)12(13)4/h5-10H,1-4H3,(H,16,18). The Morgan fingerprint density at radius 2 is 1.78 bits per heavy atom. The van der Waals surface area contributed by atoms with Crippen LogP contribution in [0.4, 0.5) is 5.82 Å². The maximum absolute atomic E-state index is 4.29. The fourth-order valence-corrected chi connectivity index (χ4v) is 1.88. The van der Waals surface area contributed by atoms with Crippen molar-refractivity contribution in [2.24, 2.45) is 0 Å². The summed E-state index contributed by atoms with van der Waals surface area (Å²) in [5.41, 5.74) is 4.61. The first kappa shape index (κ1) is 12.6. The van der Waals surface area contributed by atoms with Gasteiger partial charge in [-0.05, 0) is 51.0 Å². The first-order valence-corrected chi connectivity index (χ1v) is 6.25. The van der Waals surface area contributed by atoms with Crippen molar-refractivity contribution in [3.8, 4) is 11.3 Å². The Bertz CT molecular complexity index is 530. The molecule has 0 aliphatic carbocycles. The zero-order valence-corrected chi connectivity index (χ0v) is 11.4. The molecule has 0 spiro atoms. The minimum atomic E-state index is 0.367. The fraction of sp³-hybridized carbons (Fsp3) is 0.333. The van der Waals surface area contributed by atoms with E-state index in [1.807, 2.05) is 12.1 Å². The molecule has 1 N–H and O–H groups in total. The second-order valence-corrected chi connectivity index (χ2v) is 4.85. The SMILES string of the molecule is Cc1cccc(-c2ccc(NC(C)C)nn2)c1C. The summed E-state index contributed by atoms with van der Waals surface area (Å²) in [6, 6.07) is 10.6. The van der Waals surface area contributed by atoms with E-state index in [1.54, 1.807) is 0 Å². The normalized spacial score (nSPS) is 10.7. The Labute approximate surface area is 108 Å². The Morgan fingerprint density at radius 1 is 1.00 bits per heavy atom. The predicted octanol–water partition coefficient (Wildman–Crippen LogP) is 3.58. The lowest BCUT2D eigenvalue weighted by Crippen LogP contribution is -2.11. The first-order valence-electron chi connectivity index (χ1n) is 6.25. The number of nitrogens with zero attached hydrogens (tertiary/aromatic N) is 2. The van der Waals surface area contributed by atoms with Gasteiger partial charge in [0, 0.05) is 11.6 Å². The lowest BCUT2D eigenvalue weighted by Gasteiger charge is -2.10. The number of hydrogen-bond donors (Lipinski definition) is 1. The van der Waals surface area contributed by atoms with Gasteiger partial charge in [-0.15, -0.1) is 10.2 Å². The topological polar surface area (TPSA) is 37.8 Å². The predicted molar refractivity (Wildman–Crippen MR) is 75.7 cm³/mol. The van der Waals surface area contributed by atoms with Crippen LogP contribution in [0.1, 0.15) is 25.0 Å². The van der Waals surface area contributed by atoms with E-state index in [4.69, 9.17) is 0 Å². The monoisotopic (exact) mass is 241 g/mol. The third-order valence-electron chi connectivity index (χ3n) is 2.98. The van der Waals surface area contributed by atoms with Gasteiger partial charge < -0.3 is 5.32 Å². The molecule has 0 fully saturated rings. The van der Waals surface area contributed by atoms with Gasteiger partial charge in [-0.1, -0.05) is 18.2 Å². The molecule has 18 heavy (non-hydrogen) atoms. The van der Waals surface area contributed by atoms with E-state index >= 15 is 0 Å². The molecule has 0 aliphatic heterocycles. The molecule has 3 heteroatoms. The van der Waals surface area contributed by atoms with Crippen LogP contribution in [0.5, 0.6) is 0 Å². The third-order valence-corrected chi connectivity index (χ3v) is 2.98. The molecule has 0 amide bonds. The highest BCUT2D eigenvalue weighted by atomic mass is 15.2. The van der Waals surface area contributed by atoms with Gasteiger partial charge in [-0.25, -0.2) is 0 Å². The molecule has 3 nitrogen and oxygen atoms in total. The average molecular weight is 241 g/mol. The molecule has 0 unspecified atom stereocenters. The van der Waals surface area contributed by atoms with Crippen LogP contribution < -0.4 is 5.32 Å². The molecule has 1 aromatic heterocycles. The van der Waals surface area contributed by atoms with Crippen molar-refractivity contribution < 1.29 is 0 Å². The third kappa shape index (κ3) is 2.67. The van der Waals surface area contributed by atoms with Crippen molar-refractivity contribution in [3.63, 3.8) is 0 Å². The smallest absolute Gasteiger partial charge is 0.148 e. The van der Waals surface area contributed by atoms with Crippen LogP contribution in [0.25, 0.3) is 11.3 Å². The molecule has 0 saturated carbocycles. The van der Waals surface area contributed by atoms with Crippen molar-refractivity contribution in [3.05, 3.63) is 41.5 Å². The van der Waals surface area contributed by atoms with Crippen molar-refractivity contribution >= 4 is 5.82 Å². The molecule has 0 bridgehead atoms. The number of benzene rings is 1. The van der Waals surface area contributed by atoms with E-state index in [2.05, 4.69) is 61.4 Å². The van der Waals surface area contributed by atoms with Crippen LogP contribution in [0.2, 0.25) is 0 Å². The summed E-state index contributed by atoms with van der Waals surface area (Å²) in [5, 5.41) is 11.7. The van der Waals surface area contributed by atoms with E-state index in [9.17, 15) is 0 Å². The molecule has 0 saturated heterocycles. The van der Waals surface area contributed by atoms with Crippen LogP contribution in [-0.2, 0) is 0 Å². The quantitative estimate of drug-likeness (QED) is 0.892.